The van der Waals surface area contributed by atoms with Crippen LogP contribution >= 0.6 is 23.4 Å². The van der Waals surface area contributed by atoms with Gasteiger partial charge < -0.3 is 11.1 Å². The van der Waals surface area contributed by atoms with Crippen LogP contribution in [0.4, 0.5) is 11.8 Å². The number of benzene rings is 1. The zero-order valence-electron chi connectivity index (χ0n) is 10.6. The number of rotatable bonds is 5. The van der Waals surface area contributed by atoms with E-state index in [0.29, 0.717) is 5.02 Å². The van der Waals surface area contributed by atoms with Gasteiger partial charge in [-0.3, -0.25) is 0 Å². The van der Waals surface area contributed by atoms with Crippen molar-refractivity contribution in [3.8, 4) is 0 Å². The van der Waals surface area contributed by atoms with Crippen LogP contribution in [0.25, 0.3) is 0 Å². The molecular formula is C13H15ClN4S. The van der Waals surface area contributed by atoms with Crippen LogP contribution in [0.2, 0.25) is 5.02 Å². The zero-order chi connectivity index (χ0) is 13.7. The van der Waals surface area contributed by atoms with Gasteiger partial charge in [-0.25, -0.2) is 4.98 Å². The molecule has 100 valence electrons. The lowest BCUT2D eigenvalue weighted by Crippen LogP contribution is -2.05. The van der Waals surface area contributed by atoms with Gasteiger partial charge >= 0.3 is 0 Å². The van der Waals surface area contributed by atoms with Crippen molar-refractivity contribution in [2.75, 3.05) is 17.6 Å². The highest BCUT2D eigenvalue weighted by atomic mass is 35.5. The van der Waals surface area contributed by atoms with E-state index in [9.17, 15) is 0 Å². The normalized spacial score (nSPS) is 10.4. The molecule has 0 atom stereocenters. The smallest absolute Gasteiger partial charge is 0.223 e. The lowest BCUT2D eigenvalue weighted by atomic mass is 10.4. The summed E-state index contributed by atoms with van der Waals surface area (Å²) in [7, 11) is 0. The van der Waals surface area contributed by atoms with Crippen LogP contribution in [0.5, 0.6) is 0 Å². The van der Waals surface area contributed by atoms with Crippen molar-refractivity contribution >= 4 is 35.1 Å². The average Bonchev–Trinajstić information content (AvgIpc) is 2.38. The lowest BCUT2D eigenvalue weighted by Gasteiger charge is -2.07. The maximum absolute atomic E-state index is 6.13. The highest BCUT2D eigenvalue weighted by Gasteiger charge is 2.06. The molecule has 0 radical (unpaired) electrons. The van der Waals surface area contributed by atoms with Crippen LogP contribution in [0, 0.1) is 0 Å². The molecule has 1 heterocycles. The molecule has 0 bridgehead atoms. The van der Waals surface area contributed by atoms with Gasteiger partial charge in [-0.05, 0) is 18.6 Å². The van der Waals surface area contributed by atoms with E-state index in [1.54, 1.807) is 0 Å². The number of hydrogen-bond donors (Lipinski definition) is 2. The Hall–Kier alpha value is -1.46. The summed E-state index contributed by atoms with van der Waals surface area (Å²) < 4.78 is 0. The Morgan fingerprint density at radius 2 is 2.11 bits per heavy atom. The van der Waals surface area contributed by atoms with Gasteiger partial charge in [0.25, 0.3) is 0 Å². The van der Waals surface area contributed by atoms with Gasteiger partial charge in [-0.15, -0.1) is 0 Å². The summed E-state index contributed by atoms with van der Waals surface area (Å²) in [5.41, 5.74) is 5.71. The molecule has 0 aliphatic carbocycles. The minimum absolute atomic E-state index is 0.260. The summed E-state index contributed by atoms with van der Waals surface area (Å²) in [5, 5.41) is 4.68. The highest BCUT2D eigenvalue weighted by molar-refractivity contribution is 7.99. The van der Waals surface area contributed by atoms with Crippen LogP contribution in [0.1, 0.15) is 13.3 Å². The SMILES string of the molecule is CCCNc1cc(Sc2ccccc2Cl)nc(N)n1. The minimum atomic E-state index is 0.260. The Balaban J connectivity index is 2.20. The van der Waals surface area contributed by atoms with Gasteiger partial charge in [0.2, 0.25) is 5.95 Å². The van der Waals surface area contributed by atoms with Gasteiger partial charge in [-0.1, -0.05) is 42.4 Å². The third kappa shape index (κ3) is 4.01. The molecule has 6 heteroatoms. The molecule has 2 aromatic rings. The summed E-state index contributed by atoms with van der Waals surface area (Å²) in [6.07, 6.45) is 1.02. The molecule has 0 amide bonds. The van der Waals surface area contributed by atoms with Crippen molar-refractivity contribution in [3.63, 3.8) is 0 Å². The average molecular weight is 295 g/mol. The maximum Gasteiger partial charge on any atom is 0.223 e. The second-order valence-electron chi connectivity index (χ2n) is 3.91. The Morgan fingerprint density at radius 1 is 1.32 bits per heavy atom. The number of nitrogens with zero attached hydrogens (tertiary/aromatic N) is 2. The predicted molar refractivity (Wildman–Crippen MR) is 80.8 cm³/mol. The molecule has 19 heavy (non-hydrogen) atoms. The molecule has 1 aromatic heterocycles. The van der Waals surface area contributed by atoms with Crippen LogP contribution in [-0.2, 0) is 0 Å². The molecule has 0 unspecified atom stereocenters. The van der Waals surface area contributed by atoms with Gasteiger partial charge in [0.15, 0.2) is 0 Å². The monoisotopic (exact) mass is 294 g/mol. The number of aromatic nitrogens is 2. The van der Waals surface area contributed by atoms with E-state index in [1.165, 1.54) is 11.8 Å². The second-order valence-corrected chi connectivity index (χ2v) is 5.38. The van der Waals surface area contributed by atoms with Gasteiger partial charge in [0.05, 0.1) is 5.02 Å². The molecule has 1 aromatic carbocycles. The van der Waals surface area contributed by atoms with E-state index >= 15 is 0 Å². The molecule has 0 spiro atoms. The van der Waals surface area contributed by atoms with Crippen LogP contribution in [0.3, 0.4) is 0 Å². The van der Waals surface area contributed by atoms with Crippen molar-refractivity contribution < 1.29 is 0 Å². The lowest BCUT2D eigenvalue weighted by molar-refractivity contribution is 0.957. The largest absolute Gasteiger partial charge is 0.370 e. The quantitative estimate of drug-likeness (QED) is 0.824. The first-order chi connectivity index (χ1) is 9.19. The topological polar surface area (TPSA) is 63.8 Å². The summed E-state index contributed by atoms with van der Waals surface area (Å²) in [6, 6.07) is 9.51. The Kier molecular flexibility index (Phi) is 4.87. The number of nitrogens with two attached hydrogens (primary N) is 1. The summed E-state index contributed by atoms with van der Waals surface area (Å²) >= 11 is 7.60. The summed E-state index contributed by atoms with van der Waals surface area (Å²) in [5.74, 6) is 1.000. The number of nitrogen functional groups attached to an aromatic ring is 1. The van der Waals surface area contributed by atoms with E-state index < -0.39 is 0 Å². The Morgan fingerprint density at radius 3 is 2.84 bits per heavy atom. The fourth-order valence-electron chi connectivity index (χ4n) is 1.48. The minimum Gasteiger partial charge on any atom is -0.370 e. The molecule has 2 rings (SSSR count). The first kappa shape index (κ1) is 14.0. The molecule has 0 saturated heterocycles. The van der Waals surface area contributed by atoms with Crippen molar-refractivity contribution in [1.82, 2.24) is 9.97 Å². The van der Waals surface area contributed by atoms with Gasteiger partial charge in [0.1, 0.15) is 10.8 Å². The molecule has 0 saturated carbocycles. The van der Waals surface area contributed by atoms with E-state index in [2.05, 4.69) is 22.2 Å². The third-order valence-corrected chi connectivity index (χ3v) is 3.76. The molecule has 0 aliphatic heterocycles. The first-order valence-corrected chi connectivity index (χ1v) is 7.19. The van der Waals surface area contributed by atoms with Gasteiger partial charge in [0, 0.05) is 17.5 Å². The Labute approximate surface area is 121 Å². The molecular weight excluding hydrogens is 280 g/mol. The van der Waals surface area contributed by atoms with Crippen molar-refractivity contribution in [3.05, 3.63) is 35.4 Å². The third-order valence-electron chi connectivity index (χ3n) is 2.33. The molecule has 3 N–H and O–H groups in total. The van der Waals surface area contributed by atoms with Crippen molar-refractivity contribution in [2.45, 2.75) is 23.3 Å². The highest BCUT2D eigenvalue weighted by Crippen LogP contribution is 2.32. The number of halogens is 1. The maximum atomic E-state index is 6.13. The van der Waals surface area contributed by atoms with E-state index in [0.717, 1.165) is 28.7 Å². The predicted octanol–water partition coefficient (Wildman–Crippen LogP) is 3.69. The number of anilines is 2. The summed E-state index contributed by atoms with van der Waals surface area (Å²) in [6.45, 7) is 2.95. The standard InChI is InChI=1S/C13H15ClN4S/c1-2-7-16-11-8-12(18-13(15)17-11)19-10-6-4-3-5-9(10)14/h3-6,8H,2,7H2,1H3,(H3,15,16,17,18). The Bertz CT molecular complexity index is 562. The van der Waals surface area contributed by atoms with Crippen LogP contribution in [0.15, 0.2) is 40.3 Å². The second kappa shape index (κ2) is 6.63. The zero-order valence-corrected chi connectivity index (χ0v) is 12.1. The molecule has 4 nitrogen and oxygen atoms in total. The van der Waals surface area contributed by atoms with Gasteiger partial charge in [-0.2, -0.15) is 4.98 Å². The van der Waals surface area contributed by atoms with Crippen molar-refractivity contribution in [1.29, 1.82) is 0 Å². The number of nitrogens with one attached hydrogen (secondary N) is 1. The van der Waals surface area contributed by atoms with Crippen molar-refractivity contribution in [2.24, 2.45) is 0 Å². The van der Waals surface area contributed by atoms with E-state index in [1.807, 2.05) is 30.3 Å². The van der Waals surface area contributed by atoms with E-state index in [4.69, 9.17) is 17.3 Å². The summed E-state index contributed by atoms with van der Waals surface area (Å²) in [4.78, 5) is 9.30. The first-order valence-electron chi connectivity index (χ1n) is 6.00. The van der Waals surface area contributed by atoms with E-state index in [-0.39, 0.29) is 5.95 Å². The fraction of sp³-hybridized carbons (Fsp3) is 0.231. The molecule has 0 aliphatic rings. The molecule has 0 fully saturated rings. The fourth-order valence-corrected chi connectivity index (χ4v) is 2.58. The van der Waals surface area contributed by atoms with Crippen LogP contribution in [-0.4, -0.2) is 16.5 Å². The number of hydrogen-bond acceptors (Lipinski definition) is 5. The van der Waals surface area contributed by atoms with Crippen LogP contribution < -0.4 is 11.1 Å².